The van der Waals surface area contributed by atoms with Gasteiger partial charge in [-0.25, -0.2) is 0 Å². The Balaban J connectivity index is 2.20. The van der Waals surface area contributed by atoms with Gasteiger partial charge in [-0.3, -0.25) is 9.59 Å². The number of rotatable bonds is 7. The first kappa shape index (κ1) is 19.0. The number of amides is 2. The van der Waals surface area contributed by atoms with Gasteiger partial charge >= 0.3 is 0 Å². The summed E-state index contributed by atoms with van der Waals surface area (Å²) < 4.78 is 10.7. The number of anilines is 1. The smallest absolute Gasteiger partial charge is 0.256 e. The Labute approximate surface area is 154 Å². The zero-order valence-electron chi connectivity index (χ0n) is 14.0. The zero-order valence-corrected chi connectivity index (χ0v) is 15.6. The van der Waals surface area contributed by atoms with E-state index in [1.165, 1.54) is 7.11 Å². The van der Waals surface area contributed by atoms with Crippen molar-refractivity contribution in [2.75, 3.05) is 32.7 Å². The highest BCUT2D eigenvalue weighted by molar-refractivity contribution is 9.10. The van der Waals surface area contributed by atoms with Gasteiger partial charge in [-0.2, -0.15) is 0 Å². The number of hydrogen-bond acceptors (Lipinski definition) is 4. The van der Waals surface area contributed by atoms with E-state index in [2.05, 4.69) is 26.6 Å². The Morgan fingerprint density at radius 1 is 1.04 bits per heavy atom. The third-order valence-electron chi connectivity index (χ3n) is 3.43. The Hall–Kier alpha value is -2.38. The maximum atomic E-state index is 12.6. The minimum atomic E-state index is -0.345. The summed E-state index contributed by atoms with van der Waals surface area (Å²) in [5, 5.41) is 5.51. The van der Waals surface area contributed by atoms with E-state index >= 15 is 0 Å². The van der Waals surface area contributed by atoms with Crippen LogP contribution in [-0.4, -0.2) is 39.2 Å². The van der Waals surface area contributed by atoms with Crippen molar-refractivity contribution in [2.45, 2.75) is 0 Å². The Morgan fingerprint density at radius 3 is 2.52 bits per heavy atom. The van der Waals surface area contributed by atoms with Gasteiger partial charge < -0.3 is 20.1 Å². The van der Waals surface area contributed by atoms with Crippen LogP contribution in [0.5, 0.6) is 5.75 Å². The maximum Gasteiger partial charge on any atom is 0.256 e. The standard InChI is InChI=1S/C18H19BrN2O4/c1-24-10-9-20-17(22)13-5-3-4-6-16(13)21-18(23)14-11-12(25-2)7-8-15(14)19/h3-8,11H,9-10H2,1-2H3,(H,20,22)(H,21,23). The van der Waals surface area contributed by atoms with Crippen LogP contribution >= 0.6 is 15.9 Å². The van der Waals surface area contributed by atoms with Gasteiger partial charge in [-0.05, 0) is 46.3 Å². The molecule has 0 spiro atoms. The van der Waals surface area contributed by atoms with Crippen molar-refractivity contribution in [2.24, 2.45) is 0 Å². The number of hydrogen-bond donors (Lipinski definition) is 2. The van der Waals surface area contributed by atoms with Gasteiger partial charge in [0.1, 0.15) is 5.75 Å². The molecule has 0 fully saturated rings. The van der Waals surface area contributed by atoms with Crippen LogP contribution in [0.25, 0.3) is 0 Å². The molecule has 2 N–H and O–H groups in total. The number of carbonyl (C=O) groups excluding carboxylic acids is 2. The number of para-hydroxylation sites is 1. The molecule has 0 aliphatic carbocycles. The van der Waals surface area contributed by atoms with E-state index in [-0.39, 0.29) is 11.8 Å². The quantitative estimate of drug-likeness (QED) is 0.692. The van der Waals surface area contributed by atoms with Gasteiger partial charge in [0.2, 0.25) is 0 Å². The minimum Gasteiger partial charge on any atom is -0.497 e. The predicted octanol–water partition coefficient (Wildman–Crippen LogP) is 3.09. The largest absolute Gasteiger partial charge is 0.497 e. The average Bonchev–Trinajstić information content (AvgIpc) is 2.62. The van der Waals surface area contributed by atoms with Crippen molar-refractivity contribution in [3.63, 3.8) is 0 Å². The van der Waals surface area contributed by atoms with Gasteiger partial charge in [-0.1, -0.05) is 12.1 Å². The second-order valence-corrected chi connectivity index (χ2v) is 5.95. The third kappa shape index (κ3) is 5.04. The number of benzene rings is 2. The van der Waals surface area contributed by atoms with E-state index in [1.807, 2.05) is 0 Å². The molecule has 0 aliphatic rings. The van der Waals surface area contributed by atoms with E-state index in [0.29, 0.717) is 40.2 Å². The lowest BCUT2D eigenvalue weighted by Gasteiger charge is -2.12. The summed E-state index contributed by atoms with van der Waals surface area (Å²) in [5.74, 6) is -0.0560. The van der Waals surface area contributed by atoms with E-state index < -0.39 is 0 Å². The topological polar surface area (TPSA) is 76.7 Å². The van der Waals surface area contributed by atoms with Crippen molar-refractivity contribution in [3.05, 3.63) is 58.1 Å². The Bertz CT molecular complexity index is 764. The van der Waals surface area contributed by atoms with Crippen molar-refractivity contribution in [1.82, 2.24) is 5.32 Å². The number of halogens is 1. The van der Waals surface area contributed by atoms with Crippen LogP contribution in [0.15, 0.2) is 46.9 Å². The van der Waals surface area contributed by atoms with Crippen molar-refractivity contribution in [1.29, 1.82) is 0 Å². The van der Waals surface area contributed by atoms with Gasteiger partial charge in [0.25, 0.3) is 11.8 Å². The fourth-order valence-corrected chi connectivity index (χ4v) is 2.57. The molecule has 132 valence electrons. The molecule has 2 aromatic rings. The first-order valence-electron chi connectivity index (χ1n) is 7.58. The summed E-state index contributed by atoms with van der Waals surface area (Å²) in [6.07, 6.45) is 0. The van der Waals surface area contributed by atoms with Crippen molar-refractivity contribution < 1.29 is 19.1 Å². The normalized spacial score (nSPS) is 10.2. The molecular formula is C18H19BrN2O4. The fraction of sp³-hybridized carbons (Fsp3) is 0.222. The second kappa shape index (κ2) is 9.19. The molecule has 0 atom stereocenters. The van der Waals surface area contributed by atoms with Gasteiger partial charge in [0, 0.05) is 18.1 Å². The van der Waals surface area contributed by atoms with E-state index in [4.69, 9.17) is 9.47 Å². The van der Waals surface area contributed by atoms with E-state index in [1.54, 1.807) is 49.6 Å². The second-order valence-electron chi connectivity index (χ2n) is 5.09. The van der Waals surface area contributed by atoms with Crippen LogP contribution in [0.3, 0.4) is 0 Å². The molecule has 0 radical (unpaired) electrons. The highest BCUT2D eigenvalue weighted by Crippen LogP contribution is 2.24. The summed E-state index contributed by atoms with van der Waals surface area (Å²) in [4.78, 5) is 24.9. The number of carbonyl (C=O) groups is 2. The summed E-state index contributed by atoms with van der Waals surface area (Å²) >= 11 is 3.35. The van der Waals surface area contributed by atoms with Gasteiger partial charge in [0.15, 0.2) is 0 Å². The van der Waals surface area contributed by atoms with Gasteiger partial charge in [0.05, 0.1) is 30.5 Å². The molecule has 7 heteroatoms. The molecule has 0 aromatic heterocycles. The molecule has 2 aromatic carbocycles. The summed E-state index contributed by atoms with van der Waals surface area (Å²) in [6.45, 7) is 0.802. The van der Waals surface area contributed by atoms with Crippen molar-refractivity contribution in [3.8, 4) is 5.75 Å². The molecular weight excluding hydrogens is 388 g/mol. The number of nitrogens with one attached hydrogen (secondary N) is 2. The van der Waals surface area contributed by atoms with E-state index in [9.17, 15) is 9.59 Å². The summed E-state index contributed by atoms with van der Waals surface area (Å²) in [6, 6.07) is 11.9. The lowest BCUT2D eigenvalue weighted by Crippen LogP contribution is -2.28. The third-order valence-corrected chi connectivity index (χ3v) is 4.12. The van der Waals surface area contributed by atoms with E-state index in [0.717, 1.165) is 0 Å². The van der Waals surface area contributed by atoms with Crippen molar-refractivity contribution >= 4 is 33.4 Å². The lowest BCUT2D eigenvalue weighted by atomic mass is 10.1. The van der Waals surface area contributed by atoms with Crippen LogP contribution in [0, 0.1) is 0 Å². The average molecular weight is 407 g/mol. The van der Waals surface area contributed by atoms with Gasteiger partial charge in [-0.15, -0.1) is 0 Å². The monoisotopic (exact) mass is 406 g/mol. The lowest BCUT2D eigenvalue weighted by molar-refractivity contribution is 0.0938. The number of methoxy groups -OCH3 is 2. The molecule has 2 amide bonds. The van der Waals surface area contributed by atoms with Crippen LogP contribution in [0.4, 0.5) is 5.69 Å². The zero-order chi connectivity index (χ0) is 18.2. The molecule has 0 aliphatic heterocycles. The molecule has 25 heavy (non-hydrogen) atoms. The molecule has 0 heterocycles. The highest BCUT2D eigenvalue weighted by atomic mass is 79.9. The highest BCUT2D eigenvalue weighted by Gasteiger charge is 2.16. The SMILES string of the molecule is COCCNC(=O)c1ccccc1NC(=O)c1cc(OC)ccc1Br. The summed E-state index contributed by atoms with van der Waals surface area (Å²) in [5.41, 5.74) is 1.22. The summed E-state index contributed by atoms with van der Waals surface area (Å²) in [7, 11) is 3.09. The molecule has 0 saturated heterocycles. The number of ether oxygens (including phenoxy) is 2. The minimum absolute atomic E-state index is 0.280. The molecule has 6 nitrogen and oxygen atoms in total. The Kier molecular flexibility index (Phi) is 6.97. The molecule has 0 saturated carbocycles. The first-order chi connectivity index (χ1) is 12.1. The van der Waals surface area contributed by atoms with Crippen LogP contribution in [0.2, 0.25) is 0 Å². The maximum absolute atomic E-state index is 12.6. The van der Waals surface area contributed by atoms with Crippen LogP contribution < -0.4 is 15.4 Å². The van der Waals surface area contributed by atoms with Crippen LogP contribution in [-0.2, 0) is 4.74 Å². The molecule has 2 rings (SSSR count). The van der Waals surface area contributed by atoms with Crippen LogP contribution in [0.1, 0.15) is 20.7 Å². The first-order valence-corrected chi connectivity index (χ1v) is 8.37. The molecule has 0 bridgehead atoms. The fourth-order valence-electron chi connectivity index (χ4n) is 2.15. The predicted molar refractivity (Wildman–Crippen MR) is 99.3 cm³/mol. The Morgan fingerprint density at radius 2 is 1.80 bits per heavy atom. The molecule has 0 unspecified atom stereocenters.